The molecule has 1 aromatic rings. The molecule has 1 amide bonds. The molecule has 0 aliphatic rings. The predicted molar refractivity (Wildman–Crippen MR) is 68.5 cm³/mol. The van der Waals surface area contributed by atoms with Gasteiger partial charge in [-0.05, 0) is 26.2 Å². The standard InChI is InChI=1S/C13H16F2N2O3/c1-16(2)6-7-17(8-11(18)19)13(20)9-4-3-5-10(14)12(9)15/h3-5H,6-8H2,1-2H3,(H,18,19). The molecule has 0 atom stereocenters. The lowest BCUT2D eigenvalue weighted by molar-refractivity contribution is -0.137. The number of carbonyl (C=O) groups is 2. The number of halogens is 2. The van der Waals surface area contributed by atoms with E-state index in [1.807, 2.05) is 0 Å². The first kappa shape index (κ1) is 16.0. The highest BCUT2D eigenvalue weighted by Crippen LogP contribution is 2.13. The summed E-state index contributed by atoms with van der Waals surface area (Å²) in [5.74, 6) is -4.46. The number of rotatable bonds is 6. The van der Waals surface area contributed by atoms with Gasteiger partial charge in [0.15, 0.2) is 11.6 Å². The van der Waals surface area contributed by atoms with Gasteiger partial charge in [-0.3, -0.25) is 9.59 Å². The van der Waals surface area contributed by atoms with E-state index in [4.69, 9.17) is 5.11 Å². The summed E-state index contributed by atoms with van der Waals surface area (Å²) < 4.78 is 26.7. The SMILES string of the molecule is CN(C)CCN(CC(=O)O)C(=O)c1cccc(F)c1F. The number of carboxylic acid groups (broad SMARTS) is 1. The molecule has 0 saturated heterocycles. The van der Waals surface area contributed by atoms with E-state index in [9.17, 15) is 18.4 Å². The summed E-state index contributed by atoms with van der Waals surface area (Å²) in [6.45, 7) is -0.0489. The Morgan fingerprint density at radius 3 is 2.40 bits per heavy atom. The number of amides is 1. The fourth-order valence-corrected chi connectivity index (χ4v) is 1.58. The highest BCUT2D eigenvalue weighted by Gasteiger charge is 2.22. The van der Waals surface area contributed by atoms with Gasteiger partial charge < -0.3 is 14.9 Å². The van der Waals surface area contributed by atoms with Crippen LogP contribution in [0.25, 0.3) is 0 Å². The summed E-state index contributed by atoms with van der Waals surface area (Å²) in [5.41, 5.74) is -0.468. The van der Waals surface area contributed by atoms with Crippen molar-refractivity contribution in [1.29, 1.82) is 0 Å². The van der Waals surface area contributed by atoms with E-state index in [-0.39, 0.29) is 6.54 Å². The number of benzene rings is 1. The van der Waals surface area contributed by atoms with Crippen molar-refractivity contribution >= 4 is 11.9 Å². The number of likely N-dealkylation sites (N-methyl/N-ethyl adjacent to an activating group) is 1. The first-order valence-corrected chi connectivity index (χ1v) is 5.92. The van der Waals surface area contributed by atoms with Crippen molar-refractivity contribution in [2.45, 2.75) is 0 Å². The molecule has 7 heteroatoms. The molecular formula is C13H16F2N2O3. The maximum absolute atomic E-state index is 13.6. The molecule has 0 aliphatic heterocycles. The first-order chi connectivity index (χ1) is 9.32. The van der Waals surface area contributed by atoms with Crippen LogP contribution in [0, 0.1) is 11.6 Å². The van der Waals surface area contributed by atoms with E-state index >= 15 is 0 Å². The Morgan fingerprint density at radius 2 is 1.85 bits per heavy atom. The zero-order chi connectivity index (χ0) is 15.3. The van der Waals surface area contributed by atoms with Crippen molar-refractivity contribution in [1.82, 2.24) is 9.80 Å². The van der Waals surface area contributed by atoms with E-state index in [1.165, 1.54) is 6.07 Å². The van der Waals surface area contributed by atoms with Crippen LogP contribution in [-0.4, -0.2) is 60.5 Å². The van der Waals surface area contributed by atoms with Gasteiger partial charge in [-0.2, -0.15) is 0 Å². The molecule has 0 unspecified atom stereocenters. The molecule has 0 heterocycles. The van der Waals surface area contributed by atoms with Crippen molar-refractivity contribution in [2.24, 2.45) is 0 Å². The summed E-state index contributed by atoms with van der Waals surface area (Å²) in [6, 6.07) is 3.23. The molecule has 0 aliphatic carbocycles. The average molecular weight is 286 g/mol. The normalized spacial score (nSPS) is 10.7. The molecule has 0 spiro atoms. The second-order valence-corrected chi connectivity index (χ2v) is 4.53. The third-order valence-corrected chi connectivity index (χ3v) is 2.61. The van der Waals surface area contributed by atoms with Crippen molar-refractivity contribution < 1.29 is 23.5 Å². The van der Waals surface area contributed by atoms with E-state index in [2.05, 4.69) is 0 Å². The summed E-state index contributed by atoms with van der Waals surface area (Å²) in [5, 5.41) is 8.79. The highest BCUT2D eigenvalue weighted by molar-refractivity contribution is 5.96. The molecule has 1 aromatic carbocycles. The molecule has 20 heavy (non-hydrogen) atoms. The summed E-state index contributed by atoms with van der Waals surface area (Å²) >= 11 is 0. The smallest absolute Gasteiger partial charge is 0.323 e. The summed E-state index contributed by atoms with van der Waals surface area (Å²) in [6.07, 6.45) is 0. The van der Waals surface area contributed by atoms with Crippen molar-refractivity contribution in [3.8, 4) is 0 Å². The van der Waals surface area contributed by atoms with E-state index in [0.717, 1.165) is 17.0 Å². The molecule has 0 aromatic heterocycles. The van der Waals surface area contributed by atoms with Gasteiger partial charge in [-0.15, -0.1) is 0 Å². The lowest BCUT2D eigenvalue weighted by Gasteiger charge is -2.23. The zero-order valence-corrected chi connectivity index (χ0v) is 11.3. The topological polar surface area (TPSA) is 60.9 Å². The monoisotopic (exact) mass is 286 g/mol. The van der Waals surface area contributed by atoms with Gasteiger partial charge in [-0.1, -0.05) is 6.07 Å². The Hall–Kier alpha value is -2.02. The fraction of sp³-hybridized carbons (Fsp3) is 0.385. The molecule has 0 fully saturated rings. The number of nitrogens with zero attached hydrogens (tertiary/aromatic N) is 2. The number of carboxylic acids is 1. The molecule has 1 N–H and O–H groups in total. The fourth-order valence-electron chi connectivity index (χ4n) is 1.58. The predicted octanol–water partition coefficient (Wildman–Crippen LogP) is 1.05. The van der Waals surface area contributed by atoms with Crippen LogP contribution < -0.4 is 0 Å². The number of hydrogen-bond donors (Lipinski definition) is 1. The van der Waals surface area contributed by atoms with Gasteiger partial charge >= 0.3 is 5.97 Å². The van der Waals surface area contributed by atoms with E-state index < -0.39 is 35.6 Å². The van der Waals surface area contributed by atoms with Crippen LogP contribution in [0.15, 0.2) is 18.2 Å². The minimum atomic E-state index is -1.27. The van der Waals surface area contributed by atoms with Crippen LogP contribution in [0.1, 0.15) is 10.4 Å². The second-order valence-electron chi connectivity index (χ2n) is 4.53. The lowest BCUT2D eigenvalue weighted by Crippen LogP contribution is -2.40. The second kappa shape index (κ2) is 6.95. The highest BCUT2D eigenvalue weighted by atomic mass is 19.2. The quantitative estimate of drug-likeness (QED) is 0.849. The molecule has 110 valence electrons. The third-order valence-electron chi connectivity index (χ3n) is 2.61. The van der Waals surface area contributed by atoms with Crippen LogP contribution in [-0.2, 0) is 4.79 Å². The van der Waals surface area contributed by atoms with Crippen LogP contribution in [0.5, 0.6) is 0 Å². The maximum atomic E-state index is 13.6. The Kier molecular flexibility index (Phi) is 5.57. The molecule has 0 radical (unpaired) electrons. The van der Waals surface area contributed by atoms with E-state index in [1.54, 1.807) is 19.0 Å². The van der Waals surface area contributed by atoms with Gasteiger partial charge in [0.1, 0.15) is 6.54 Å². The largest absolute Gasteiger partial charge is 0.480 e. The van der Waals surface area contributed by atoms with Gasteiger partial charge in [0.05, 0.1) is 5.56 Å². The summed E-state index contributed by atoms with van der Waals surface area (Å²) in [4.78, 5) is 25.6. The maximum Gasteiger partial charge on any atom is 0.323 e. The van der Waals surface area contributed by atoms with Gasteiger partial charge in [0, 0.05) is 13.1 Å². The number of carbonyl (C=O) groups excluding carboxylic acids is 1. The summed E-state index contributed by atoms with van der Waals surface area (Å²) in [7, 11) is 3.51. The van der Waals surface area contributed by atoms with E-state index in [0.29, 0.717) is 6.54 Å². The first-order valence-electron chi connectivity index (χ1n) is 5.92. The average Bonchev–Trinajstić information content (AvgIpc) is 2.36. The Morgan fingerprint density at radius 1 is 1.20 bits per heavy atom. The van der Waals surface area contributed by atoms with Crippen molar-refractivity contribution in [2.75, 3.05) is 33.7 Å². The van der Waals surface area contributed by atoms with Crippen molar-refractivity contribution in [3.63, 3.8) is 0 Å². The minimum absolute atomic E-state index is 0.105. The molecule has 1 rings (SSSR count). The van der Waals surface area contributed by atoms with Crippen LogP contribution >= 0.6 is 0 Å². The van der Waals surface area contributed by atoms with Crippen LogP contribution in [0.3, 0.4) is 0 Å². The molecule has 5 nitrogen and oxygen atoms in total. The van der Waals surface area contributed by atoms with Crippen LogP contribution in [0.2, 0.25) is 0 Å². The Balaban J connectivity index is 2.97. The van der Waals surface area contributed by atoms with Crippen molar-refractivity contribution in [3.05, 3.63) is 35.4 Å². The van der Waals surface area contributed by atoms with Gasteiger partial charge in [0.2, 0.25) is 0 Å². The molecule has 0 bridgehead atoms. The Labute approximate surface area is 115 Å². The van der Waals surface area contributed by atoms with Gasteiger partial charge in [-0.25, -0.2) is 8.78 Å². The Bertz CT molecular complexity index is 506. The molecular weight excluding hydrogens is 270 g/mol. The third kappa shape index (κ3) is 4.27. The van der Waals surface area contributed by atoms with Gasteiger partial charge in [0.25, 0.3) is 5.91 Å². The molecule has 0 saturated carbocycles. The van der Waals surface area contributed by atoms with Crippen LogP contribution in [0.4, 0.5) is 8.78 Å². The number of hydrogen-bond acceptors (Lipinski definition) is 3. The lowest BCUT2D eigenvalue weighted by atomic mass is 10.1. The number of aliphatic carboxylic acids is 1. The zero-order valence-electron chi connectivity index (χ0n) is 11.3. The minimum Gasteiger partial charge on any atom is -0.480 e.